The van der Waals surface area contributed by atoms with Gasteiger partial charge in [-0.1, -0.05) is 12.1 Å². The SMILES string of the molecule is Cc1cc2c(cc1S(=O)(=O)N1CCC[C@@H](C(=O)Nc3cccc4c3CCCC4)C1)OCC(=O)N2. The number of nitrogens with one attached hydrogen (secondary N) is 2. The summed E-state index contributed by atoms with van der Waals surface area (Å²) >= 11 is 0. The summed E-state index contributed by atoms with van der Waals surface area (Å²) in [5, 5.41) is 5.79. The van der Waals surface area contributed by atoms with E-state index in [1.807, 2.05) is 12.1 Å². The predicted molar refractivity (Wildman–Crippen MR) is 129 cm³/mol. The second kappa shape index (κ2) is 9.03. The van der Waals surface area contributed by atoms with Gasteiger partial charge in [0, 0.05) is 24.8 Å². The van der Waals surface area contributed by atoms with Gasteiger partial charge in [0.05, 0.1) is 16.5 Å². The van der Waals surface area contributed by atoms with Crippen molar-refractivity contribution in [3.05, 3.63) is 47.0 Å². The molecule has 0 unspecified atom stereocenters. The van der Waals surface area contributed by atoms with E-state index in [1.165, 1.54) is 27.9 Å². The van der Waals surface area contributed by atoms with E-state index in [2.05, 4.69) is 16.7 Å². The fourth-order valence-electron chi connectivity index (χ4n) is 5.14. The number of rotatable bonds is 4. The molecule has 0 saturated carbocycles. The molecule has 2 heterocycles. The van der Waals surface area contributed by atoms with E-state index in [-0.39, 0.29) is 29.9 Å². The van der Waals surface area contributed by atoms with Gasteiger partial charge in [-0.3, -0.25) is 9.59 Å². The molecule has 1 atom stereocenters. The van der Waals surface area contributed by atoms with Crippen molar-refractivity contribution in [2.24, 2.45) is 5.92 Å². The predicted octanol–water partition coefficient (Wildman–Crippen LogP) is 3.24. The molecule has 0 radical (unpaired) electrons. The van der Waals surface area contributed by atoms with Gasteiger partial charge in [-0.2, -0.15) is 4.31 Å². The molecule has 9 heteroatoms. The normalized spacial score (nSPS) is 20.5. The number of ether oxygens (including phenoxy) is 1. The fourth-order valence-corrected chi connectivity index (χ4v) is 6.89. The van der Waals surface area contributed by atoms with Crippen molar-refractivity contribution < 1.29 is 22.7 Å². The van der Waals surface area contributed by atoms with E-state index >= 15 is 0 Å². The lowest BCUT2D eigenvalue weighted by Crippen LogP contribution is -2.44. The van der Waals surface area contributed by atoms with Crippen molar-refractivity contribution in [3.8, 4) is 5.75 Å². The van der Waals surface area contributed by atoms with Crippen molar-refractivity contribution in [1.82, 2.24) is 4.31 Å². The number of piperidine rings is 1. The molecule has 0 bridgehead atoms. The average Bonchev–Trinajstić information content (AvgIpc) is 2.83. The second-order valence-corrected chi connectivity index (χ2v) is 11.2. The van der Waals surface area contributed by atoms with Gasteiger partial charge < -0.3 is 15.4 Å². The van der Waals surface area contributed by atoms with Gasteiger partial charge in [0.25, 0.3) is 5.91 Å². The highest BCUT2D eigenvalue weighted by molar-refractivity contribution is 7.89. The zero-order valence-electron chi connectivity index (χ0n) is 19.2. The van der Waals surface area contributed by atoms with Gasteiger partial charge in [0.1, 0.15) is 5.75 Å². The van der Waals surface area contributed by atoms with Crippen LogP contribution in [0.5, 0.6) is 5.75 Å². The molecule has 1 fully saturated rings. The lowest BCUT2D eigenvalue weighted by atomic mass is 9.90. The molecule has 2 N–H and O–H groups in total. The van der Waals surface area contributed by atoms with Crippen LogP contribution in [0, 0.1) is 12.8 Å². The smallest absolute Gasteiger partial charge is 0.262 e. The molecule has 3 aliphatic rings. The zero-order chi connectivity index (χ0) is 23.9. The van der Waals surface area contributed by atoms with Crippen LogP contribution in [-0.4, -0.2) is 44.2 Å². The minimum atomic E-state index is -3.83. The van der Waals surface area contributed by atoms with Crippen molar-refractivity contribution in [2.45, 2.75) is 50.3 Å². The highest BCUT2D eigenvalue weighted by atomic mass is 32.2. The first kappa shape index (κ1) is 22.9. The maximum atomic E-state index is 13.5. The Labute approximate surface area is 199 Å². The number of sulfonamides is 1. The molecule has 2 aromatic carbocycles. The molecule has 2 amide bonds. The zero-order valence-corrected chi connectivity index (χ0v) is 20.0. The molecule has 2 aromatic rings. The topological polar surface area (TPSA) is 105 Å². The average molecular weight is 484 g/mol. The Morgan fingerprint density at radius 2 is 2.00 bits per heavy atom. The van der Waals surface area contributed by atoms with E-state index in [0.29, 0.717) is 36.4 Å². The van der Waals surface area contributed by atoms with Gasteiger partial charge in [-0.15, -0.1) is 0 Å². The van der Waals surface area contributed by atoms with Crippen molar-refractivity contribution in [3.63, 3.8) is 0 Å². The molecular formula is C25H29N3O5S. The highest BCUT2D eigenvalue weighted by Gasteiger charge is 2.35. The Morgan fingerprint density at radius 3 is 2.85 bits per heavy atom. The van der Waals surface area contributed by atoms with Crippen LogP contribution in [0.3, 0.4) is 0 Å². The van der Waals surface area contributed by atoms with Gasteiger partial charge in [-0.05, 0) is 74.3 Å². The van der Waals surface area contributed by atoms with Crippen molar-refractivity contribution >= 4 is 33.2 Å². The Kier molecular flexibility index (Phi) is 6.07. The van der Waals surface area contributed by atoms with Crippen molar-refractivity contribution in [1.29, 1.82) is 0 Å². The lowest BCUT2D eigenvalue weighted by Gasteiger charge is -2.32. The first-order valence-corrected chi connectivity index (χ1v) is 13.3. The summed E-state index contributed by atoms with van der Waals surface area (Å²) in [7, 11) is -3.83. The van der Waals surface area contributed by atoms with E-state index < -0.39 is 15.9 Å². The maximum absolute atomic E-state index is 13.5. The molecule has 8 nitrogen and oxygen atoms in total. The standard InChI is InChI=1S/C25H29N3O5S/c1-16-12-21-22(33-15-24(29)26-21)13-23(16)34(31,32)28-11-5-8-18(14-28)25(30)27-20-10-4-7-17-6-2-3-9-19(17)20/h4,7,10,12-13,18H,2-3,5-6,8-9,11,14-15H2,1H3,(H,26,29)(H,27,30)/t18-/m1/s1. The van der Waals surface area contributed by atoms with Crippen LogP contribution in [0.25, 0.3) is 0 Å². The number of anilines is 2. The van der Waals surface area contributed by atoms with Crippen LogP contribution >= 0.6 is 0 Å². The maximum Gasteiger partial charge on any atom is 0.262 e. The summed E-state index contributed by atoms with van der Waals surface area (Å²) in [6.45, 7) is 2.05. The third-order valence-corrected chi connectivity index (χ3v) is 8.94. The fraction of sp³-hybridized carbons (Fsp3) is 0.440. The Morgan fingerprint density at radius 1 is 1.18 bits per heavy atom. The van der Waals surface area contributed by atoms with Crippen LogP contribution in [0.15, 0.2) is 35.2 Å². The summed E-state index contributed by atoms with van der Waals surface area (Å²) in [6, 6.07) is 9.12. The van der Waals surface area contributed by atoms with Crippen LogP contribution in [-0.2, 0) is 32.5 Å². The van der Waals surface area contributed by atoms with E-state index in [0.717, 1.165) is 24.9 Å². The van der Waals surface area contributed by atoms with Gasteiger partial charge in [0.15, 0.2) is 6.61 Å². The molecular weight excluding hydrogens is 454 g/mol. The van der Waals surface area contributed by atoms with Crippen LogP contribution in [0.4, 0.5) is 11.4 Å². The number of carbonyl (C=O) groups is 2. The first-order chi connectivity index (χ1) is 16.3. The lowest BCUT2D eigenvalue weighted by molar-refractivity contribution is -0.121. The number of carbonyl (C=O) groups excluding carboxylic acids is 2. The van der Waals surface area contributed by atoms with Crippen LogP contribution < -0.4 is 15.4 Å². The number of fused-ring (bicyclic) bond motifs is 2. The van der Waals surface area contributed by atoms with E-state index in [4.69, 9.17) is 4.74 Å². The second-order valence-electron chi connectivity index (χ2n) is 9.29. The number of nitrogens with zero attached hydrogens (tertiary/aromatic N) is 1. The van der Waals surface area contributed by atoms with Crippen LogP contribution in [0.2, 0.25) is 0 Å². The number of hydrogen-bond acceptors (Lipinski definition) is 5. The monoisotopic (exact) mass is 483 g/mol. The Hall–Kier alpha value is -2.91. The quantitative estimate of drug-likeness (QED) is 0.695. The third-order valence-electron chi connectivity index (χ3n) is 6.94. The summed E-state index contributed by atoms with van der Waals surface area (Å²) in [4.78, 5) is 24.9. The first-order valence-electron chi connectivity index (χ1n) is 11.8. The minimum absolute atomic E-state index is 0.132. The molecule has 34 heavy (non-hydrogen) atoms. The molecule has 1 aliphatic carbocycles. The summed E-state index contributed by atoms with van der Waals surface area (Å²) in [5.41, 5.74) is 4.34. The van der Waals surface area contributed by atoms with E-state index in [1.54, 1.807) is 13.0 Å². The number of benzene rings is 2. The summed E-state index contributed by atoms with van der Waals surface area (Å²) < 4.78 is 33.9. The van der Waals surface area contributed by atoms with Gasteiger partial charge >= 0.3 is 0 Å². The van der Waals surface area contributed by atoms with Crippen LogP contribution in [0.1, 0.15) is 42.4 Å². The van der Waals surface area contributed by atoms with E-state index in [9.17, 15) is 18.0 Å². The summed E-state index contributed by atoms with van der Waals surface area (Å²) in [5.74, 6) is -0.487. The van der Waals surface area contributed by atoms with Gasteiger partial charge in [0.2, 0.25) is 15.9 Å². The largest absolute Gasteiger partial charge is 0.482 e. The third kappa shape index (κ3) is 4.30. The molecule has 1 saturated heterocycles. The molecule has 0 spiro atoms. The molecule has 5 rings (SSSR count). The minimum Gasteiger partial charge on any atom is -0.482 e. The van der Waals surface area contributed by atoms with Gasteiger partial charge in [-0.25, -0.2) is 8.42 Å². The number of amides is 2. The molecule has 0 aromatic heterocycles. The summed E-state index contributed by atoms with van der Waals surface area (Å²) in [6.07, 6.45) is 5.52. The molecule has 180 valence electrons. The van der Waals surface area contributed by atoms with Crippen molar-refractivity contribution in [2.75, 3.05) is 30.3 Å². The molecule has 2 aliphatic heterocycles. The number of aryl methyl sites for hydroxylation is 2. The highest BCUT2D eigenvalue weighted by Crippen LogP contribution is 2.35. The Bertz CT molecular complexity index is 1260. The Balaban J connectivity index is 1.34. The number of hydrogen-bond donors (Lipinski definition) is 2.